The van der Waals surface area contributed by atoms with Gasteiger partial charge < -0.3 is 15.7 Å². The van der Waals surface area contributed by atoms with Crippen molar-refractivity contribution in [1.82, 2.24) is 10.6 Å². The van der Waals surface area contributed by atoms with Crippen LogP contribution in [0.15, 0.2) is 0 Å². The summed E-state index contributed by atoms with van der Waals surface area (Å²) < 4.78 is 0. The second-order valence-corrected chi connectivity index (χ2v) is 5.00. The molecule has 1 amide bonds. The van der Waals surface area contributed by atoms with E-state index in [1.165, 1.54) is 12.8 Å². The Labute approximate surface area is 96.8 Å². The van der Waals surface area contributed by atoms with Crippen molar-refractivity contribution in [1.29, 1.82) is 0 Å². The van der Waals surface area contributed by atoms with Gasteiger partial charge in [-0.05, 0) is 25.7 Å². The Balaban J connectivity index is 1.60. The summed E-state index contributed by atoms with van der Waals surface area (Å²) in [6.45, 7) is 0.763. The maximum atomic E-state index is 11.6. The number of hydrogen-bond acceptors (Lipinski definition) is 3. The van der Waals surface area contributed by atoms with Crippen molar-refractivity contribution < 1.29 is 9.90 Å². The fourth-order valence-corrected chi connectivity index (χ4v) is 2.24. The van der Waals surface area contributed by atoms with Gasteiger partial charge in [0, 0.05) is 19.0 Å². The third-order valence-corrected chi connectivity index (χ3v) is 3.44. The summed E-state index contributed by atoms with van der Waals surface area (Å²) in [4.78, 5) is 11.6. The highest BCUT2D eigenvalue weighted by atomic mass is 16.3. The van der Waals surface area contributed by atoms with Crippen LogP contribution in [0.4, 0.5) is 0 Å². The zero-order valence-corrected chi connectivity index (χ0v) is 9.74. The van der Waals surface area contributed by atoms with Crippen LogP contribution >= 0.6 is 0 Å². The number of aliphatic hydroxyl groups is 1. The Bertz CT molecular complexity index is 241. The van der Waals surface area contributed by atoms with Crippen molar-refractivity contribution in [3.05, 3.63) is 0 Å². The fraction of sp³-hybridized carbons (Fsp3) is 0.917. The van der Waals surface area contributed by atoms with Crippen molar-refractivity contribution in [3.8, 4) is 0 Å². The van der Waals surface area contributed by atoms with E-state index in [0.29, 0.717) is 12.5 Å². The monoisotopic (exact) mass is 226 g/mol. The molecule has 2 rings (SSSR count). The highest BCUT2D eigenvalue weighted by Crippen LogP contribution is 2.19. The van der Waals surface area contributed by atoms with E-state index in [-0.39, 0.29) is 18.1 Å². The van der Waals surface area contributed by atoms with Gasteiger partial charge in [0.2, 0.25) is 5.91 Å². The minimum Gasteiger partial charge on any atom is -0.391 e. The van der Waals surface area contributed by atoms with Gasteiger partial charge >= 0.3 is 0 Å². The lowest BCUT2D eigenvalue weighted by Gasteiger charge is -2.28. The first-order valence-electron chi connectivity index (χ1n) is 6.46. The average Bonchev–Trinajstić information content (AvgIpc) is 3.05. The van der Waals surface area contributed by atoms with Gasteiger partial charge in [0.15, 0.2) is 0 Å². The van der Waals surface area contributed by atoms with Crippen LogP contribution in [0.25, 0.3) is 0 Å². The van der Waals surface area contributed by atoms with E-state index in [4.69, 9.17) is 0 Å². The highest BCUT2D eigenvalue weighted by Gasteiger charge is 2.24. The number of nitrogens with one attached hydrogen (secondary N) is 2. The van der Waals surface area contributed by atoms with E-state index in [1.807, 2.05) is 0 Å². The standard InChI is InChI=1S/C12H22N2O2/c15-11-4-2-1-3-10(11)14-12(16)7-8-13-9-5-6-9/h9-11,13,15H,1-8H2,(H,14,16). The van der Waals surface area contributed by atoms with Crippen molar-refractivity contribution in [2.24, 2.45) is 0 Å². The minimum absolute atomic E-state index is 0.0119. The lowest BCUT2D eigenvalue weighted by atomic mass is 9.92. The van der Waals surface area contributed by atoms with Crippen LogP contribution < -0.4 is 10.6 Å². The van der Waals surface area contributed by atoms with Crippen molar-refractivity contribution in [3.63, 3.8) is 0 Å². The molecule has 4 heteroatoms. The van der Waals surface area contributed by atoms with Gasteiger partial charge in [0.25, 0.3) is 0 Å². The van der Waals surface area contributed by atoms with E-state index in [0.717, 1.165) is 32.2 Å². The molecule has 2 aliphatic rings. The summed E-state index contributed by atoms with van der Waals surface area (Å²) in [5.41, 5.74) is 0. The minimum atomic E-state index is -0.339. The number of aliphatic hydroxyl groups excluding tert-OH is 1. The van der Waals surface area contributed by atoms with Gasteiger partial charge in [-0.25, -0.2) is 0 Å². The second-order valence-electron chi connectivity index (χ2n) is 5.00. The summed E-state index contributed by atoms with van der Waals surface area (Å²) in [6.07, 6.45) is 6.63. The van der Waals surface area contributed by atoms with Gasteiger partial charge in [0.1, 0.15) is 0 Å². The molecular weight excluding hydrogens is 204 g/mol. The Morgan fingerprint density at radius 3 is 2.62 bits per heavy atom. The van der Waals surface area contributed by atoms with Crippen LogP contribution in [-0.4, -0.2) is 35.7 Å². The molecule has 92 valence electrons. The second kappa shape index (κ2) is 5.64. The summed E-state index contributed by atoms with van der Waals surface area (Å²) in [5, 5.41) is 16.0. The Morgan fingerprint density at radius 2 is 1.94 bits per heavy atom. The first-order valence-corrected chi connectivity index (χ1v) is 6.46. The van der Waals surface area contributed by atoms with E-state index in [2.05, 4.69) is 10.6 Å². The molecule has 16 heavy (non-hydrogen) atoms. The van der Waals surface area contributed by atoms with Crippen LogP contribution in [0, 0.1) is 0 Å². The zero-order chi connectivity index (χ0) is 11.4. The maximum Gasteiger partial charge on any atom is 0.221 e. The maximum absolute atomic E-state index is 11.6. The normalized spacial score (nSPS) is 30.1. The predicted octanol–water partition coefficient (Wildman–Crippen LogP) is 0.548. The summed E-state index contributed by atoms with van der Waals surface area (Å²) in [7, 11) is 0. The van der Waals surface area contributed by atoms with Gasteiger partial charge in [-0.3, -0.25) is 4.79 Å². The molecule has 2 unspecified atom stereocenters. The lowest BCUT2D eigenvalue weighted by molar-refractivity contribution is -0.122. The SMILES string of the molecule is O=C(CCNC1CC1)NC1CCCCC1O. The molecule has 4 nitrogen and oxygen atoms in total. The first kappa shape index (κ1) is 11.9. The van der Waals surface area contributed by atoms with Crippen LogP contribution in [0.2, 0.25) is 0 Å². The Kier molecular flexibility index (Phi) is 4.18. The molecule has 0 aliphatic heterocycles. The van der Waals surface area contributed by atoms with Gasteiger partial charge in [0.05, 0.1) is 12.1 Å². The Hall–Kier alpha value is -0.610. The molecule has 0 aromatic heterocycles. The summed E-state index contributed by atoms with van der Waals surface area (Å²) in [6, 6.07) is 0.648. The number of carbonyl (C=O) groups is 1. The lowest BCUT2D eigenvalue weighted by Crippen LogP contribution is -2.45. The van der Waals surface area contributed by atoms with Crippen LogP contribution in [0.5, 0.6) is 0 Å². The molecule has 0 aromatic carbocycles. The molecule has 0 heterocycles. The molecule has 2 aliphatic carbocycles. The number of amides is 1. The molecule has 0 radical (unpaired) electrons. The molecule has 0 aromatic rings. The smallest absolute Gasteiger partial charge is 0.221 e. The Morgan fingerprint density at radius 1 is 1.19 bits per heavy atom. The van der Waals surface area contributed by atoms with Crippen molar-refractivity contribution in [2.75, 3.05) is 6.54 Å². The third-order valence-electron chi connectivity index (χ3n) is 3.44. The van der Waals surface area contributed by atoms with Crippen molar-refractivity contribution in [2.45, 2.75) is 63.1 Å². The van der Waals surface area contributed by atoms with Crippen LogP contribution in [-0.2, 0) is 4.79 Å². The topological polar surface area (TPSA) is 61.4 Å². The largest absolute Gasteiger partial charge is 0.391 e. The molecule has 2 atom stereocenters. The third kappa shape index (κ3) is 3.76. The molecule has 0 saturated heterocycles. The first-order chi connectivity index (χ1) is 7.75. The fourth-order valence-electron chi connectivity index (χ4n) is 2.24. The molecule has 0 spiro atoms. The van der Waals surface area contributed by atoms with E-state index in [9.17, 15) is 9.90 Å². The number of carbonyl (C=O) groups excluding carboxylic acids is 1. The van der Waals surface area contributed by atoms with E-state index in [1.54, 1.807) is 0 Å². The predicted molar refractivity (Wildman–Crippen MR) is 62.0 cm³/mol. The van der Waals surface area contributed by atoms with Crippen molar-refractivity contribution >= 4 is 5.91 Å². The molecule has 2 fully saturated rings. The van der Waals surface area contributed by atoms with Crippen LogP contribution in [0.3, 0.4) is 0 Å². The molecular formula is C12H22N2O2. The quantitative estimate of drug-likeness (QED) is 0.641. The molecule has 0 bridgehead atoms. The zero-order valence-electron chi connectivity index (χ0n) is 9.74. The number of hydrogen-bond donors (Lipinski definition) is 3. The molecule has 2 saturated carbocycles. The van der Waals surface area contributed by atoms with Gasteiger partial charge in [-0.1, -0.05) is 12.8 Å². The van der Waals surface area contributed by atoms with E-state index < -0.39 is 0 Å². The average molecular weight is 226 g/mol. The van der Waals surface area contributed by atoms with Crippen LogP contribution in [0.1, 0.15) is 44.9 Å². The molecule has 3 N–H and O–H groups in total. The van der Waals surface area contributed by atoms with E-state index >= 15 is 0 Å². The number of rotatable bonds is 5. The summed E-state index contributed by atoms with van der Waals surface area (Å²) in [5.74, 6) is 0.0686. The highest BCUT2D eigenvalue weighted by molar-refractivity contribution is 5.76. The van der Waals surface area contributed by atoms with Gasteiger partial charge in [-0.2, -0.15) is 0 Å². The van der Waals surface area contributed by atoms with Gasteiger partial charge in [-0.15, -0.1) is 0 Å². The summed E-state index contributed by atoms with van der Waals surface area (Å²) >= 11 is 0.